The van der Waals surface area contributed by atoms with Crippen molar-refractivity contribution in [1.29, 1.82) is 10.5 Å². The van der Waals surface area contributed by atoms with Gasteiger partial charge in [-0.1, -0.05) is 180 Å². The Morgan fingerprint density at radius 2 is 0.681 bits per heavy atom. The topological polar surface area (TPSA) is 63.4 Å². The van der Waals surface area contributed by atoms with Crippen LogP contribution in [0.4, 0.5) is 0 Å². The minimum atomic E-state index is -2.20. The Bertz CT molecular complexity index is 3430. The van der Waals surface area contributed by atoms with Gasteiger partial charge >= 0.3 is 0 Å². The van der Waals surface area contributed by atoms with E-state index in [4.69, 9.17) is 0 Å². The van der Waals surface area contributed by atoms with E-state index < -0.39 is 16.1 Å². The molecular weight excluding hydrogens is 867 g/mol. The Morgan fingerprint density at radius 1 is 0.362 bits per heavy atom. The van der Waals surface area contributed by atoms with E-state index >= 15 is 0 Å². The van der Waals surface area contributed by atoms with Gasteiger partial charge in [0.1, 0.15) is 16.1 Å². The number of nitrogens with zero attached hydrogens (tertiary/aromatic N) is 2. The highest BCUT2D eigenvalue weighted by Crippen LogP contribution is 2.49. The molecule has 0 aliphatic rings. The van der Waals surface area contributed by atoms with Crippen LogP contribution >= 0.6 is 0 Å². The van der Waals surface area contributed by atoms with Gasteiger partial charge in [0, 0.05) is 43.7 Å². The highest BCUT2D eigenvalue weighted by atomic mass is 28.3. The van der Waals surface area contributed by atoms with Crippen LogP contribution in [-0.2, 0) is 0 Å². The number of rotatable bonds is 8. The minimum Gasteiger partial charge on any atom is -0.354 e. The number of H-pyrrole nitrogens is 1. The fourth-order valence-electron chi connectivity index (χ4n) is 12.9. The van der Waals surface area contributed by atoms with Gasteiger partial charge in [-0.2, -0.15) is 10.5 Å². The molecule has 1 aromatic heterocycles. The Hall–Kier alpha value is -6.87. The van der Waals surface area contributed by atoms with Gasteiger partial charge in [0.2, 0.25) is 0 Å². The number of aromatic nitrogens is 1. The van der Waals surface area contributed by atoms with E-state index in [1.165, 1.54) is 0 Å². The number of nitriles is 2. The molecule has 69 heavy (non-hydrogen) atoms. The van der Waals surface area contributed by atoms with Gasteiger partial charge in [0.25, 0.3) is 0 Å². The van der Waals surface area contributed by atoms with Crippen LogP contribution in [0.1, 0.15) is 105 Å². The second kappa shape index (κ2) is 18.2. The smallest absolute Gasteiger partial charge is 0.146 e. The van der Waals surface area contributed by atoms with E-state index in [1.807, 2.05) is 24.3 Å². The van der Waals surface area contributed by atoms with Crippen molar-refractivity contribution >= 4 is 81.0 Å². The number of fused-ring (bicyclic) bond motifs is 9. The van der Waals surface area contributed by atoms with Gasteiger partial charge in [0.15, 0.2) is 0 Å². The maximum Gasteiger partial charge on any atom is 0.146 e. The van der Waals surface area contributed by atoms with Gasteiger partial charge in [-0.05, 0) is 124 Å². The summed E-state index contributed by atoms with van der Waals surface area (Å²) >= 11 is 0. The highest BCUT2D eigenvalue weighted by molar-refractivity contribution is 6.91. The zero-order chi connectivity index (χ0) is 49.1. The van der Waals surface area contributed by atoms with E-state index in [9.17, 15) is 10.5 Å². The van der Waals surface area contributed by atoms with Crippen LogP contribution in [0.25, 0.3) is 87.1 Å². The van der Waals surface area contributed by atoms with Crippen molar-refractivity contribution < 1.29 is 0 Å². The minimum absolute atomic E-state index is 0.464. The summed E-state index contributed by atoms with van der Waals surface area (Å²) in [4.78, 5) is 3.96. The molecule has 0 radical (unpaired) electrons. The summed E-state index contributed by atoms with van der Waals surface area (Å²) < 4.78 is 0. The van der Waals surface area contributed by atoms with Crippen LogP contribution in [0.15, 0.2) is 121 Å². The number of aromatic amines is 1. The Morgan fingerprint density at radius 3 is 0.986 bits per heavy atom. The first-order valence-electron chi connectivity index (χ1n) is 25.0. The van der Waals surface area contributed by atoms with Crippen molar-refractivity contribution in [3.05, 3.63) is 144 Å². The second-order valence-corrected chi connectivity index (χ2v) is 32.4. The number of hydrogen-bond acceptors (Lipinski definition) is 2. The molecule has 0 aliphatic heterocycles. The highest BCUT2D eigenvalue weighted by Gasteiger charge is 2.43. The standard InChI is InChI=1S/C64H63N3Si2/c1-39(2)68(40(3)4,41(5)6)35-33-53-49-17-13-15-19-51(49)59(47-25-21-45(37-65)22-26-47)55-29-31-57-63(61(53)55)64-58(67-57)32-30-56-60(48-27-23-46(38-66)24-28-48)52-20-16-14-18-50(52)54(62(56)64)34-36-69(42(7)8,43(9)10)44(11)12/h13-32,39-44,67H,1-12H3. The molecule has 0 unspecified atom stereocenters. The van der Waals surface area contributed by atoms with Gasteiger partial charge in [-0.15, -0.1) is 11.1 Å². The van der Waals surface area contributed by atoms with Crippen molar-refractivity contribution in [1.82, 2.24) is 4.98 Å². The molecule has 342 valence electrons. The average Bonchev–Trinajstić information content (AvgIpc) is 3.72. The number of nitrogens with one attached hydrogen (secondary N) is 1. The lowest BCUT2D eigenvalue weighted by molar-refractivity contribution is 0.838. The predicted octanol–water partition coefficient (Wildman–Crippen LogP) is 18.2. The fraction of sp³-hybridized carbons (Fsp3) is 0.281. The first-order chi connectivity index (χ1) is 33.1. The molecule has 0 saturated carbocycles. The third-order valence-electron chi connectivity index (χ3n) is 16.0. The molecule has 0 aliphatic carbocycles. The van der Waals surface area contributed by atoms with Crippen LogP contribution in [0, 0.1) is 45.6 Å². The summed E-state index contributed by atoms with van der Waals surface area (Å²) in [6.07, 6.45) is 0. The quantitative estimate of drug-likeness (QED) is 0.0937. The summed E-state index contributed by atoms with van der Waals surface area (Å²) in [6, 6.07) is 47.6. The zero-order valence-electron chi connectivity index (χ0n) is 42.4. The lowest BCUT2D eigenvalue weighted by atomic mass is 9.84. The van der Waals surface area contributed by atoms with Crippen LogP contribution < -0.4 is 0 Å². The molecule has 1 N–H and O–H groups in total. The summed E-state index contributed by atoms with van der Waals surface area (Å²) in [5.41, 5.74) is 21.1. The average molecular weight is 930 g/mol. The third kappa shape index (κ3) is 7.47. The zero-order valence-corrected chi connectivity index (χ0v) is 44.4. The Kier molecular flexibility index (Phi) is 12.5. The molecule has 9 rings (SSSR count). The molecule has 1 heterocycles. The van der Waals surface area contributed by atoms with Crippen molar-refractivity contribution in [2.24, 2.45) is 0 Å². The van der Waals surface area contributed by atoms with Crippen LogP contribution in [0.5, 0.6) is 0 Å². The fourth-order valence-corrected chi connectivity index (χ4v) is 23.3. The number of benzene rings is 8. The molecule has 0 amide bonds. The summed E-state index contributed by atoms with van der Waals surface area (Å²) in [5, 5.41) is 31.1. The van der Waals surface area contributed by atoms with Crippen LogP contribution in [-0.4, -0.2) is 21.1 Å². The predicted molar refractivity (Wildman–Crippen MR) is 302 cm³/mol. The molecule has 0 fully saturated rings. The SMILES string of the molecule is CC(C)[Si](C#Cc1c2ccccc2c(-c2ccc(C#N)cc2)c2ccc3[nH]c4ccc5c(-c6ccc(C#N)cc6)c6ccccc6c(C#C[Si](C(C)C)(C(C)C)C(C)C)c5c4c3c12)(C(C)C)C(C)C. The normalized spacial score (nSPS) is 12.3. The summed E-state index contributed by atoms with van der Waals surface area (Å²) in [6.45, 7) is 28.7. The Balaban J connectivity index is 1.59. The summed E-state index contributed by atoms with van der Waals surface area (Å²) in [7, 11) is -4.41. The maximum absolute atomic E-state index is 9.88. The third-order valence-corrected chi connectivity index (χ3v) is 28.6. The van der Waals surface area contributed by atoms with Crippen molar-refractivity contribution in [3.8, 4) is 57.3 Å². The van der Waals surface area contributed by atoms with E-state index in [0.29, 0.717) is 44.4 Å². The van der Waals surface area contributed by atoms with E-state index in [2.05, 4.69) is 220 Å². The van der Waals surface area contributed by atoms with Gasteiger partial charge in [-0.25, -0.2) is 0 Å². The molecule has 0 spiro atoms. The molecule has 5 heteroatoms. The largest absolute Gasteiger partial charge is 0.354 e. The first-order valence-corrected chi connectivity index (χ1v) is 29.4. The van der Waals surface area contributed by atoms with Gasteiger partial charge in [-0.3, -0.25) is 0 Å². The maximum atomic E-state index is 9.88. The molecular formula is C64H63N3Si2. The van der Waals surface area contributed by atoms with Crippen molar-refractivity contribution in [2.75, 3.05) is 0 Å². The second-order valence-electron chi connectivity index (χ2n) is 21.2. The molecule has 9 aromatic rings. The molecule has 0 saturated heterocycles. The summed E-state index contributed by atoms with van der Waals surface area (Å²) in [5.74, 6) is 8.18. The van der Waals surface area contributed by atoms with Crippen LogP contribution in [0.3, 0.4) is 0 Å². The molecule has 8 aromatic carbocycles. The van der Waals surface area contributed by atoms with Crippen LogP contribution in [0.2, 0.25) is 33.2 Å². The first kappa shape index (κ1) is 47.2. The van der Waals surface area contributed by atoms with Gasteiger partial charge in [0.05, 0.1) is 23.3 Å². The van der Waals surface area contributed by atoms with E-state index in [0.717, 1.165) is 98.3 Å². The van der Waals surface area contributed by atoms with Gasteiger partial charge < -0.3 is 4.98 Å². The Labute approximate surface area is 411 Å². The van der Waals surface area contributed by atoms with E-state index in [1.54, 1.807) is 0 Å². The molecule has 0 bridgehead atoms. The van der Waals surface area contributed by atoms with Crippen molar-refractivity contribution in [3.63, 3.8) is 0 Å². The van der Waals surface area contributed by atoms with E-state index in [-0.39, 0.29) is 0 Å². The molecule has 3 nitrogen and oxygen atoms in total. The number of hydrogen-bond donors (Lipinski definition) is 1. The molecule has 0 atom stereocenters. The lowest BCUT2D eigenvalue weighted by Gasteiger charge is -2.38. The monoisotopic (exact) mass is 929 g/mol. The lowest BCUT2D eigenvalue weighted by Crippen LogP contribution is -2.43. The van der Waals surface area contributed by atoms with Crippen molar-refractivity contribution in [2.45, 2.75) is 116 Å².